The third-order valence-electron chi connectivity index (χ3n) is 1.93. The van der Waals surface area contributed by atoms with Gasteiger partial charge in [-0.05, 0) is 0 Å². The van der Waals surface area contributed by atoms with E-state index in [-0.39, 0.29) is 0 Å². The molecule has 5 nitrogen and oxygen atoms in total. The van der Waals surface area contributed by atoms with E-state index in [9.17, 15) is 4.79 Å². The average molecular weight is 195 g/mol. The Balaban J connectivity index is 2.74. The molecular formula is C9H9NO4. The number of hydrogen-bond donors (Lipinski definition) is 1. The number of aromatic amines is 1. The van der Waals surface area contributed by atoms with Gasteiger partial charge in [0.05, 0.1) is 19.7 Å². The van der Waals surface area contributed by atoms with E-state index >= 15 is 0 Å². The van der Waals surface area contributed by atoms with Crippen molar-refractivity contribution in [1.29, 1.82) is 0 Å². The van der Waals surface area contributed by atoms with E-state index in [1.165, 1.54) is 14.2 Å². The maximum absolute atomic E-state index is 10.9. The Morgan fingerprint density at radius 3 is 2.50 bits per heavy atom. The molecule has 0 aliphatic rings. The number of methoxy groups -OCH3 is 2. The lowest BCUT2D eigenvalue weighted by molar-refractivity contribution is 0.355. The molecule has 0 atom stereocenters. The number of benzene rings is 1. The molecule has 5 heteroatoms. The van der Waals surface area contributed by atoms with Gasteiger partial charge in [0.25, 0.3) is 0 Å². The lowest BCUT2D eigenvalue weighted by Gasteiger charge is -2.05. The van der Waals surface area contributed by atoms with Gasteiger partial charge in [0.15, 0.2) is 17.1 Å². The van der Waals surface area contributed by atoms with Gasteiger partial charge in [0, 0.05) is 12.1 Å². The quantitative estimate of drug-likeness (QED) is 0.780. The minimum atomic E-state index is -0.490. The van der Waals surface area contributed by atoms with Crippen LogP contribution in [0.25, 0.3) is 11.1 Å². The first-order valence-electron chi connectivity index (χ1n) is 3.99. The topological polar surface area (TPSA) is 64.5 Å². The highest BCUT2D eigenvalue weighted by molar-refractivity contribution is 5.77. The maximum atomic E-state index is 10.9. The van der Waals surface area contributed by atoms with Crippen molar-refractivity contribution in [2.45, 2.75) is 0 Å². The normalized spacial score (nSPS) is 10.4. The molecule has 1 N–H and O–H groups in total. The van der Waals surface area contributed by atoms with Gasteiger partial charge in [-0.3, -0.25) is 4.98 Å². The summed E-state index contributed by atoms with van der Waals surface area (Å²) in [5.41, 5.74) is 1.04. The molecule has 0 aliphatic carbocycles. The standard InChI is InChI=1S/C9H9NO4/c1-12-7-3-5-6(4-8(7)13-2)14-9(11)10-5/h3-4H,1-2H3,(H,10,11). The van der Waals surface area contributed by atoms with Crippen LogP contribution in [-0.2, 0) is 0 Å². The molecule has 14 heavy (non-hydrogen) atoms. The lowest BCUT2D eigenvalue weighted by Crippen LogP contribution is -1.93. The smallest absolute Gasteiger partial charge is 0.417 e. The second-order valence-electron chi connectivity index (χ2n) is 2.72. The number of oxazole rings is 1. The molecule has 1 aromatic heterocycles. The predicted molar refractivity (Wildman–Crippen MR) is 49.9 cm³/mol. The molecule has 1 aromatic carbocycles. The Morgan fingerprint density at radius 2 is 1.86 bits per heavy atom. The molecule has 0 amide bonds. The highest BCUT2D eigenvalue weighted by atomic mass is 16.5. The van der Waals surface area contributed by atoms with Gasteiger partial charge in [0.2, 0.25) is 0 Å². The fourth-order valence-electron chi connectivity index (χ4n) is 1.28. The van der Waals surface area contributed by atoms with Crippen LogP contribution in [0.5, 0.6) is 11.5 Å². The second-order valence-corrected chi connectivity index (χ2v) is 2.72. The molecule has 0 saturated carbocycles. The molecular weight excluding hydrogens is 186 g/mol. The molecule has 1 heterocycles. The highest BCUT2D eigenvalue weighted by Crippen LogP contribution is 2.30. The van der Waals surface area contributed by atoms with E-state index in [0.29, 0.717) is 22.6 Å². The molecule has 0 fully saturated rings. The molecule has 2 aromatic rings. The van der Waals surface area contributed by atoms with Gasteiger partial charge in [-0.15, -0.1) is 0 Å². The Kier molecular flexibility index (Phi) is 1.92. The molecule has 0 saturated heterocycles. The van der Waals surface area contributed by atoms with Crippen molar-refractivity contribution in [2.24, 2.45) is 0 Å². The second kappa shape index (κ2) is 3.10. The number of nitrogens with one attached hydrogen (secondary N) is 1. The molecule has 0 unspecified atom stereocenters. The van der Waals surface area contributed by atoms with E-state index in [2.05, 4.69) is 4.98 Å². The van der Waals surface area contributed by atoms with Crippen LogP contribution < -0.4 is 15.2 Å². The van der Waals surface area contributed by atoms with Crippen LogP contribution >= 0.6 is 0 Å². The monoisotopic (exact) mass is 195 g/mol. The highest BCUT2D eigenvalue weighted by Gasteiger charge is 2.08. The van der Waals surface area contributed by atoms with Crippen molar-refractivity contribution in [2.75, 3.05) is 14.2 Å². The van der Waals surface area contributed by atoms with Gasteiger partial charge in [-0.2, -0.15) is 0 Å². The number of rotatable bonds is 2. The molecule has 0 radical (unpaired) electrons. The summed E-state index contributed by atoms with van der Waals surface area (Å²) in [6.45, 7) is 0. The van der Waals surface area contributed by atoms with Crippen LogP contribution in [-0.4, -0.2) is 19.2 Å². The maximum Gasteiger partial charge on any atom is 0.417 e. The van der Waals surface area contributed by atoms with Crippen molar-refractivity contribution in [3.63, 3.8) is 0 Å². The Bertz CT molecular complexity index is 467. The van der Waals surface area contributed by atoms with Crippen molar-refractivity contribution >= 4 is 11.1 Å². The lowest BCUT2D eigenvalue weighted by atomic mass is 10.3. The Morgan fingerprint density at radius 1 is 1.21 bits per heavy atom. The van der Waals surface area contributed by atoms with E-state index < -0.39 is 5.76 Å². The third-order valence-corrected chi connectivity index (χ3v) is 1.93. The van der Waals surface area contributed by atoms with Crippen LogP contribution in [0.4, 0.5) is 0 Å². The summed E-state index contributed by atoms with van der Waals surface area (Å²) < 4.78 is 15.0. The SMILES string of the molecule is COc1cc2[nH]c(=O)oc2cc1OC. The Labute approximate surface area is 79.2 Å². The van der Waals surface area contributed by atoms with Gasteiger partial charge >= 0.3 is 5.76 Å². The van der Waals surface area contributed by atoms with Crippen LogP contribution in [0, 0.1) is 0 Å². The molecule has 2 rings (SSSR count). The summed E-state index contributed by atoms with van der Waals surface area (Å²) >= 11 is 0. The van der Waals surface area contributed by atoms with E-state index in [1.54, 1.807) is 12.1 Å². The summed E-state index contributed by atoms with van der Waals surface area (Å²) in [6.07, 6.45) is 0. The number of H-pyrrole nitrogens is 1. The fourth-order valence-corrected chi connectivity index (χ4v) is 1.28. The number of ether oxygens (including phenoxy) is 2. The first kappa shape index (κ1) is 8.68. The van der Waals surface area contributed by atoms with E-state index in [0.717, 1.165) is 0 Å². The fraction of sp³-hybridized carbons (Fsp3) is 0.222. The number of aromatic nitrogens is 1. The van der Waals surface area contributed by atoms with E-state index in [4.69, 9.17) is 13.9 Å². The first-order chi connectivity index (χ1) is 6.74. The van der Waals surface area contributed by atoms with Crippen LogP contribution in [0.15, 0.2) is 21.3 Å². The molecule has 0 spiro atoms. The molecule has 0 aliphatic heterocycles. The predicted octanol–water partition coefficient (Wildman–Crippen LogP) is 1.14. The van der Waals surface area contributed by atoms with Crippen LogP contribution in [0.1, 0.15) is 0 Å². The largest absolute Gasteiger partial charge is 0.493 e. The van der Waals surface area contributed by atoms with Crippen molar-refractivity contribution in [1.82, 2.24) is 4.98 Å². The number of fused-ring (bicyclic) bond motifs is 1. The van der Waals surface area contributed by atoms with Gasteiger partial charge in [-0.25, -0.2) is 4.79 Å². The molecule has 0 bridgehead atoms. The van der Waals surface area contributed by atoms with Crippen LogP contribution in [0.2, 0.25) is 0 Å². The summed E-state index contributed by atoms with van der Waals surface area (Å²) in [7, 11) is 3.05. The van der Waals surface area contributed by atoms with Crippen molar-refractivity contribution in [3.8, 4) is 11.5 Å². The van der Waals surface area contributed by atoms with Gasteiger partial charge < -0.3 is 13.9 Å². The summed E-state index contributed by atoms with van der Waals surface area (Å²) in [5, 5.41) is 0. The average Bonchev–Trinajstić information content (AvgIpc) is 2.54. The van der Waals surface area contributed by atoms with E-state index in [1.807, 2.05) is 0 Å². The zero-order valence-electron chi connectivity index (χ0n) is 7.79. The van der Waals surface area contributed by atoms with Gasteiger partial charge in [-0.1, -0.05) is 0 Å². The zero-order valence-corrected chi connectivity index (χ0v) is 7.79. The first-order valence-corrected chi connectivity index (χ1v) is 3.99. The van der Waals surface area contributed by atoms with Gasteiger partial charge in [0.1, 0.15) is 0 Å². The Hall–Kier alpha value is -1.91. The summed E-state index contributed by atoms with van der Waals surface area (Å²) in [6, 6.07) is 3.26. The van der Waals surface area contributed by atoms with Crippen molar-refractivity contribution < 1.29 is 13.9 Å². The minimum Gasteiger partial charge on any atom is -0.493 e. The zero-order chi connectivity index (χ0) is 10.1. The number of hydrogen-bond acceptors (Lipinski definition) is 4. The molecule has 74 valence electrons. The third kappa shape index (κ3) is 1.22. The minimum absolute atomic E-state index is 0.452. The summed E-state index contributed by atoms with van der Waals surface area (Å²) in [5.74, 6) is 0.593. The summed E-state index contributed by atoms with van der Waals surface area (Å²) in [4.78, 5) is 13.4. The van der Waals surface area contributed by atoms with Crippen molar-refractivity contribution in [3.05, 3.63) is 22.7 Å². The van der Waals surface area contributed by atoms with Crippen LogP contribution in [0.3, 0.4) is 0 Å².